The molecule has 2 rings (SSSR count). The Morgan fingerprint density at radius 2 is 2.00 bits per heavy atom. The van der Waals surface area contributed by atoms with E-state index in [0.717, 1.165) is 11.3 Å². The number of nitrogens with one attached hydrogen (secondary N) is 1. The van der Waals surface area contributed by atoms with Crippen LogP contribution in [-0.4, -0.2) is 14.2 Å². The number of ether oxygens (including phenoxy) is 1. The van der Waals surface area contributed by atoms with E-state index in [-0.39, 0.29) is 17.8 Å². The third-order valence-electron chi connectivity index (χ3n) is 3.16. The van der Waals surface area contributed by atoms with Crippen molar-refractivity contribution in [2.45, 2.75) is 20.4 Å². The Bertz CT molecular complexity index is 649. The molecule has 0 unspecified atom stereocenters. The highest BCUT2D eigenvalue weighted by molar-refractivity contribution is 5.85. The Hall–Kier alpha value is -1.52. The number of methoxy groups -OCH3 is 1. The van der Waals surface area contributed by atoms with Crippen LogP contribution in [0.3, 0.4) is 0 Å². The summed E-state index contributed by atoms with van der Waals surface area (Å²) in [6.45, 7) is 4.17. The molecule has 0 spiro atoms. The van der Waals surface area contributed by atoms with E-state index >= 15 is 0 Å². The van der Waals surface area contributed by atoms with Crippen molar-refractivity contribution in [2.24, 2.45) is 0 Å². The minimum Gasteiger partial charge on any atom is -0.496 e. The van der Waals surface area contributed by atoms with Crippen LogP contribution in [0, 0.1) is 13.8 Å². The second-order valence-corrected chi connectivity index (χ2v) is 4.27. The third-order valence-corrected chi connectivity index (χ3v) is 3.16. The van der Waals surface area contributed by atoms with E-state index in [1.807, 2.05) is 7.05 Å². The van der Waals surface area contributed by atoms with Gasteiger partial charge in [0.05, 0.1) is 18.1 Å². The van der Waals surface area contributed by atoms with Crippen molar-refractivity contribution in [1.29, 1.82) is 0 Å². The van der Waals surface area contributed by atoms with E-state index in [1.54, 1.807) is 33.1 Å². The maximum absolute atomic E-state index is 12.2. The summed E-state index contributed by atoms with van der Waals surface area (Å²) in [5.74, 6) is 1.38. The number of hydrogen-bond acceptors (Lipinski definition) is 4. The molecule has 1 heterocycles. The minimum absolute atomic E-state index is 0. The molecule has 1 N–H and O–H groups in total. The molecule has 19 heavy (non-hydrogen) atoms. The molecule has 5 heteroatoms. The van der Waals surface area contributed by atoms with Crippen LogP contribution in [0.5, 0.6) is 5.75 Å². The van der Waals surface area contributed by atoms with Crippen LogP contribution in [0.25, 0.3) is 11.0 Å². The van der Waals surface area contributed by atoms with Crippen molar-refractivity contribution in [3.05, 3.63) is 39.2 Å². The fourth-order valence-electron chi connectivity index (χ4n) is 2.03. The van der Waals surface area contributed by atoms with Gasteiger partial charge in [-0.15, -0.1) is 12.4 Å². The van der Waals surface area contributed by atoms with Crippen molar-refractivity contribution >= 4 is 23.4 Å². The van der Waals surface area contributed by atoms with Crippen LogP contribution in [0.1, 0.15) is 16.9 Å². The Kier molecular flexibility index (Phi) is 4.97. The Balaban J connectivity index is 0.00000180. The normalized spacial score (nSPS) is 10.3. The molecule has 1 aromatic carbocycles. The third kappa shape index (κ3) is 2.60. The van der Waals surface area contributed by atoms with E-state index in [9.17, 15) is 4.79 Å². The van der Waals surface area contributed by atoms with Gasteiger partial charge < -0.3 is 14.5 Å². The molecule has 0 bridgehead atoms. The van der Waals surface area contributed by atoms with E-state index in [2.05, 4.69) is 5.32 Å². The molecule has 2 aromatic rings. The van der Waals surface area contributed by atoms with Gasteiger partial charge >= 0.3 is 0 Å². The first-order chi connectivity index (χ1) is 8.60. The molecule has 1 aromatic heterocycles. The summed E-state index contributed by atoms with van der Waals surface area (Å²) in [6.07, 6.45) is 0. The lowest BCUT2D eigenvalue weighted by atomic mass is 10.1. The van der Waals surface area contributed by atoms with Gasteiger partial charge in [-0.05, 0) is 33.0 Å². The summed E-state index contributed by atoms with van der Waals surface area (Å²) in [4.78, 5) is 12.2. The van der Waals surface area contributed by atoms with E-state index < -0.39 is 0 Å². The first-order valence-electron chi connectivity index (χ1n) is 5.84. The van der Waals surface area contributed by atoms with Crippen molar-refractivity contribution in [1.82, 2.24) is 5.32 Å². The van der Waals surface area contributed by atoms with Crippen LogP contribution in [0.4, 0.5) is 0 Å². The summed E-state index contributed by atoms with van der Waals surface area (Å²) in [6, 6.07) is 3.56. The number of rotatable bonds is 3. The fourth-order valence-corrected chi connectivity index (χ4v) is 2.03. The Morgan fingerprint density at radius 1 is 1.32 bits per heavy atom. The zero-order chi connectivity index (χ0) is 13.3. The van der Waals surface area contributed by atoms with E-state index in [1.165, 1.54) is 0 Å². The lowest BCUT2D eigenvalue weighted by Gasteiger charge is -2.11. The zero-order valence-corrected chi connectivity index (χ0v) is 12.3. The zero-order valence-electron chi connectivity index (χ0n) is 11.5. The number of hydrogen-bond donors (Lipinski definition) is 1. The number of halogens is 1. The molecule has 0 saturated heterocycles. The van der Waals surface area contributed by atoms with Crippen LogP contribution in [0.2, 0.25) is 0 Å². The molecule has 0 aliphatic heterocycles. The lowest BCUT2D eigenvalue weighted by Crippen LogP contribution is -2.12. The fraction of sp³-hybridized carbons (Fsp3) is 0.357. The average Bonchev–Trinajstić information content (AvgIpc) is 2.37. The first kappa shape index (κ1) is 15.5. The summed E-state index contributed by atoms with van der Waals surface area (Å²) in [7, 11) is 3.46. The molecule has 0 fully saturated rings. The van der Waals surface area contributed by atoms with Crippen LogP contribution < -0.4 is 15.5 Å². The van der Waals surface area contributed by atoms with E-state index in [4.69, 9.17) is 9.15 Å². The van der Waals surface area contributed by atoms with Crippen molar-refractivity contribution in [3.63, 3.8) is 0 Å². The molecule has 0 saturated carbocycles. The highest BCUT2D eigenvalue weighted by atomic mass is 35.5. The van der Waals surface area contributed by atoms with Crippen molar-refractivity contribution in [3.8, 4) is 5.75 Å². The average molecular weight is 284 g/mol. The van der Waals surface area contributed by atoms with Crippen LogP contribution in [0.15, 0.2) is 21.3 Å². The molecule has 4 nitrogen and oxygen atoms in total. The first-order valence-corrected chi connectivity index (χ1v) is 5.84. The Labute approximate surface area is 118 Å². The highest BCUT2D eigenvalue weighted by Gasteiger charge is 2.14. The summed E-state index contributed by atoms with van der Waals surface area (Å²) in [5.41, 5.74) is 2.16. The Morgan fingerprint density at radius 3 is 2.58 bits per heavy atom. The molecule has 104 valence electrons. The highest BCUT2D eigenvalue weighted by Crippen LogP contribution is 2.27. The van der Waals surface area contributed by atoms with Crippen LogP contribution >= 0.6 is 12.4 Å². The van der Waals surface area contributed by atoms with Gasteiger partial charge in [0.1, 0.15) is 17.1 Å². The van der Waals surface area contributed by atoms with Gasteiger partial charge in [0.2, 0.25) is 0 Å². The summed E-state index contributed by atoms with van der Waals surface area (Å²) < 4.78 is 11.1. The quantitative estimate of drug-likeness (QED) is 0.941. The molecule has 0 amide bonds. The van der Waals surface area contributed by atoms with Gasteiger partial charge in [-0.1, -0.05) is 0 Å². The van der Waals surface area contributed by atoms with Gasteiger partial charge in [-0.3, -0.25) is 4.79 Å². The van der Waals surface area contributed by atoms with Crippen molar-refractivity contribution < 1.29 is 9.15 Å². The molecule has 0 aliphatic carbocycles. The minimum atomic E-state index is 0. The smallest absolute Gasteiger partial charge is 0.195 e. The monoisotopic (exact) mass is 283 g/mol. The predicted molar refractivity (Wildman–Crippen MR) is 78.5 cm³/mol. The van der Waals surface area contributed by atoms with Gasteiger partial charge in [0.25, 0.3) is 0 Å². The van der Waals surface area contributed by atoms with Gasteiger partial charge in [-0.25, -0.2) is 0 Å². The number of fused-ring (bicyclic) bond motifs is 1. The lowest BCUT2D eigenvalue weighted by molar-refractivity contribution is 0.407. The molecule has 0 radical (unpaired) electrons. The number of aryl methyl sites for hydroxylation is 1. The topological polar surface area (TPSA) is 51.5 Å². The second-order valence-electron chi connectivity index (χ2n) is 4.27. The number of benzene rings is 1. The molecule has 0 aliphatic rings. The molecular formula is C14H18ClNO3. The standard InChI is InChI=1S/C14H17NO3.ClH/c1-8-9(2)18-14-10(13(8)16)5-6-12(17-4)11(14)7-15-3;/h5-6,15H,7H2,1-4H3;1H. The second kappa shape index (κ2) is 6.08. The molecule has 0 atom stereocenters. The summed E-state index contributed by atoms with van der Waals surface area (Å²) in [5, 5.41) is 3.66. The SMILES string of the molecule is CNCc1c(OC)ccc2c(=O)c(C)c(C)oc12.Cl. The predicted octanol–water partition coefficient (Wildman–Crippen LogP) is 2.56. The van der Waals surface area contributed by atoms with E-state index in [0.29, 0.717) is 28.8 Å². The molecular weight excluding hydrogens is 266 g/mol. The van der Waals surface area contributed by atoms with Gasteiger partial charge in [-0.2, -0.15) is 0 Å². The van der Waals surface area contributed by atoms with Crippen molar-refractivity contribution in [2.75, 3.05) is 14.2 Å². The summed E-state index contributed by atoms with van der Waals surface area (Å²) >= 11 is 0. The van der Waals surface area contributed by atoms with Gasteiger partial charge in [0, 0.05) is 12.1 Å². The largest absolute Gasteiger partial charge is 0.496 e. The van der Waals surface area contributed by atoms with Gasteiger partial charge in [0.15, 0.2) is 5.43 Å². The van der Waals surface area contributed by atoms with Crippen LogP contribution in [-0.2, 0) is 6.54 Å². The maximum Gasteiger partial charge on any atom is 0.195 e. The maximum atomic E-state index is 12.2.